The molecule has 2 aromatic rings. The van der Waals surface area contributed by atoms with Crippen LogP contribution in [-0.4, -0.2) is 63.8 Å². The number of nitrogens with one attached hydrogen (secondary N) is 2. The summed E-state index contributed by atoms with van der Waals surface area (Å²) in [7, 11) is 1.82. The SMILES string of the molecule is CCc1nncn1CCNC(=NC)NCC1CCN(Cc2csc(C)n2)CC1. The Morgan fingerprint density at radius 3 is 2.82 bits per heavy atom. The smallest absolute Gasteiger partial charge is 0.191 e. The number of rotatable bonds is 8. The third-order valence-corrected chi connectivity index (χ3v) is 6.02. The zero-order chi connectivity index (χ0) is 19.8. The molecule has 0 spiro atoms. The van der Waals surface area contributed by atoms with Crippen LogP contribution >= 0.6 is 11.3 Å². The van der Waals surface area contributed by atoms with Gasteiger partial charge in [0.2, 0.25) is 0 Å². The van der Waals surface area contributed by atoms with Crippen molar-refractivity contribution >= 4 is 17.3 Å². The third-order valence-electron chi connectivity index (χ3n) is 5.20. The van der Waals surface area contributed by atoms with Crippen molar-refractivity contribution in [1.29, 1.82) is 0 Å². The number of piperidine rings is 1. The highest BCUT2D eigenvalue weighted by Gasteiger charge is 2.20. The molecule has 2 N–H and O–H groups in total. The number of aromatic nitrogens is 4. The van der Waals surface area contributed by atoms with E-state index in [0.29, 0.717) is 5.92 Å². The molecule has 28 heavy (non-hydrogen) atoms. The number of guanidine groups is 1. The molecular weight excluding hydrogens is 372 g/mol. The molecule has 3 heterocycles. The molecule has 0 atom stereocenters. The minimum absolute atomic E-state index is 0.691. The van der Waals surface area contributed by atoms with Gasteiger partial charge < -0.3 is 15.2 Å². The fourth-order valence-corrected chi connectivity index (χ4v) is 4.16. The van der Waals surface area contributed by atoms with Crippen molar-refractivity contribution in [3.63, 3.8) is 0 Å². The van der Waals surface area contributed by atoms with Crippen LogP contribution in [0.5, 0.6) is 0 Å². The first kappa shape index (κ1) is 20.7. The minimum Gasteiger partial charge on any atom is -0.356 e. The van der Waals surface area contributed by atoms with Crippen LogP contribution < -0.4 is 10.6 Å². The minimum atomic E-state index is 0.691. The van der Waals surface area contributed by atoms with E-state index in [1.807, 2.05) is 7.05 Å². The fourth-order valence-electron chi connectivity index (χ4n) is 3.55. The van der Waals surface area contributed by atoms with Crippen LogP contribution in [-0.2, 0) is 19.5 Å². The first-order valence-electron chi connectivity index (χ1n) is 10.1. The molecule has 0 amide bonds. The number of hydrogen-bond acceptors (Lipinski definition) is 6. The number of aliphatic imine (C=N–C) groups is 1. The van der Waals surface area contributed by atoms with Gasteiger partial charge in [0, 0.05) is 45.0 Å². The van der Waals surface area contributed by atoms with Crippen molar-refractivity contribution in [2.24, 2.45) is 10.9 Å². The zero-order valence-electron chi connectivity index (χ0n) is 17.2. The summed E-state index contributed by atoms with van der Waals surface area (Å²) >= 11 is 1.74. The topological polar surface area (TPSA) is 83.3 Å². The number of aryl methyl sites for hydroxylation is 2. The maximum atomic E-state index is 4.58. The van der Waals surface area contributed by atoms with Gasteiger partial charge in [-0.25, -0.2) is 4.98 Å². The summed E-state index contributed by atoms with van der Waals surface area (Å²) in [5, 5.41) is 18.3. The first-order chi connectivity index (χ1) is 13.7. The highest BCUT2D eigenvalue weighted by Crippen LogP contribution is 2.19. The average Bonchev–Trinajstić information content (AvgIpc) is 3.34. The van der Waals surface area contributed by atoms with Gasteiger partial charge in [0.25, 0.3) is 0 Å². The van der Waals surface area contributed by atoms with E-state index in [-0.39, 0.29) is 0 Å². The second kappa shape index (κ2) is 10.5. The van der Waals surface area contributed by atoms with E-state index in [4.69, 9.17) is 0 Å². The number of likely N-dealkylation sites (tertiary alicyclic amines) is 1. The summed E-state index contributed by atoms with van der Waals surface area (Å²) in [6.45, 7) is 10.0. The molecule has 0 saturated carbocycles. The van der Waals surface area contributed by atoms with Crippen LogP contribution in [0.3, 0.4) is 0 Å². The van der Waals surface area contributed by atoms with Crippen molar-refractivity contribution in [1.82, 2.24) is 35.3 Å². The van der Waals surface area contributed by atoms with E-state index in [1.165, 1.54) is 18.5 Å². The molecular formula is C19H32N8S. The fraction of sp³-hybridized carbons (Fsp3) is 0.684. The van der Waals surface area contributed by atoms with Crippen LogP contribution in [0.4, 0.5) is 0 Å². The molecule has 0 aliphatic carbocycles. The van der Waals surface area contributed by atoms with Crippen molar-refractivity contribution in [2.75, 3.05) is 33.2 Å². The van der Waals surface area contributed by atoms with Crippen molar-refractivity contribution in [3.8, 4) is 0 Å². The summed E-state index contributed by atoms with van der Waals surface area (Å²) in [6.07, 6.45) is 5.12. The molecule has 1 aliphatic heterocycles. The Bertz CT molecular complexity index is 745. The Kier molecular flexibility index (Phi) is 7.79. The van der Waals surface area contributed by atoms with Crippen molar-refractivity contribution in [2.45, 2.75) is 46.2 Å². The second-order valence-corrected chi connectivity index (χ2v) is 8.31. The summed E-state index contributed by atoms with van der Waals surface area (Å²) in [6, 6.07) is 0. The van der Waals surface area contributed by atoms with Crippen LogP contribution in [0, 0.1) is 12.8 Å². The van der Waals surface area contributed by atoms with Gasteiger partial charge in [-0.05, 0) is 38.8 Å². The lowest BCUT2D eigenvalue weighted by Gasteiger charge is -2.31. The van der Waals surface area contributed by atoms with E-state index in [2.05, 4.69) is 59.5 Å². The zero-order valence-corrected chi connectivity index (χ0v) is 18.0. The number of thiazole rings is 1. The second-order valence-electron chi connectivity index (χ2n) is 7.25. The molecule has 0 aromatic carbocycles. The van der Waals surface area contributed by atoms with E-state index in [9.17, 15) is 0 Å². The molecule has 9 heteroatoms. The molecule has 8 nitrogen and oxygen atoms in total. The molecule has 1 fully saturated rings. The Balaban J connectivity index is 1.33. The third kappa shape index (κ3) is 6.00. The highest BCUT2D eigenvalue weighted by atomic mass is 32.1. The molecule has 2 aromatic heterocycles. The summed E-state index contributed by atoms with van der Waals surface area (Å²) in [5.41, 5.74) is 1.21. The van der Waals surface area contributed by atoms with E-state index in [1.54, 1.807) is 17.7 Å². The summed E-state index contributed by atoms with van der Waals surface area (Å²) < 4.78 is 2.08. The van der Waals surface area contributed by atoms with E-state index >= 15 is 0 Å². The predicted octanol–water partition coefficient (Wildman–Crippen LogP) is 1.68. The number of nitrogens with zero attached hydrogens (tertiary/aromatic N) is 6. The molecule has 0 bridgehead atoms. The lowest BCUT2D eigenvalue weighted by atomic mass is 9.97. The van der Waals surface area contributed by atoms with Crippen LogP contribution in [0.15, 0.2) is 16.7 Å². The summed E-state index contributed by atoms with van der Waals surface area (Å²) in [4.78, 5) is 11.4. The van der Waals surface area contributed by atoms with E-state index in [0.717, 1.165) is 62.5 Å². The molecule has 1 saturated heterocycles. The Hall–Kier alpha value is -2.00. The average molecular weight is 405 g/mol. The van der Waals surface area contributed by atoms with Crippen LogP contribution in [0.2, 0.25) is 0 Å². The van der Waals surface area contributed by atoms with E-state index < -0.39 is 0 Å². The van der Waals surface area contributed by atoms with Gasteiger partial charge in [-0.3, -0.25) is 9.89 Å². The van der Waals surface area contributed by atoms with Gasteiger partial charge in [-0.1, -0.05) is 6.92 Å². The maximum Gasteiger partial charge on any atom is 0.191 e. The maximum absolute atomic E-state index is 4.58. The molecule has 0 unspecified atom stereocenters. The van der Waals surface area contributed by atoms with Gasteiger partial charge in [0.15, 0.2) is 5.96 Å². The molecule has 3 rings (SSSR count). The van der Waals surface area contributed by atoms with Gasteiger partial charge in [0.1, 0.15) is 12.2 Å². The largest absolute Gasteiger partial charge is 0.356 e. The standard InChI is InChI=1S/C19H32N8S/c1-4-18-25-23-14-27(18)10-7-21-19(20-3)22-11-16-5-8-26(9-6-16)12-17-13-28-15(2)24-17/h13-14,16H,4-12H2,1-3H3,(H2,20,21,22). The summed E-state index contributed by atoms with van der Waals surface area (Å²) in [5.74, 6) is 2.58. The quantitative estimate of drug-likeness (QED) is 0.515. The van der Waals surface area contributed by atoms with Gasteiger partial charge in [0.05, 0.1) is 10.7 Å². The highest BCUT2D eigenvalue weighted by molar-refractivity contribution is 7.09. The monoisotopic (exact) mass is 404 g/mol. The lowest BCUT2D eigenvalue weighted by Crippen LogP contribution is -2.43. The Labute approximate surface area is 171 Å². The molecule has 154 valence electrons. The van der Waals surface area contributed by atoms with Crippen LogP contribution in [0.25, 0.3) is 0 Å². The lowest BCUT2D eigenvalue weighted by molar-refractivity contribution is 0.176. The van der Waals surface area contributed by atoms with Crippen molar-refractivity contribution < 1.29 is 0 Å². The Morgan fingerprint density at radius 2 is 2.14 bits per heavy atom. The predicted molar refractivity (Wildman–Crippen MR) is 114 cm³/mol. The van der Waals surface area contributed by atoms with Crippen molar-refractivity contribution in [3.05, 3.63) is 28.2 Å². The van der Waals surface area contributed by atoms with Gasteiger partial charge in [-0.2, -0.15) is 0 Å². The normalized spacial score (nSPS) is 16.5. The van der Waals surface area contributed by atoms with Gasteiger partial charge >= 0.3 is 0 Å². The number of hydrogen-bond donors (Lipinski definition) is 2. The van der Waals surface area contributed by atoms with Gasteiger partial charge in [-0.15, -0.1) is 21.5 Å². The van der Waals surface area contributed by atoms with Crippen LogP contribution in [0.1, 0.15) is 36.3 Å². The molecule has 0 radical (unpaired) electrons. The first-order valence-corrected chi connectivity index (χ1v) is 11.0. The molecule has 1 aliphatic rings. The Morgan fingerprint density at radius 1 is 1.32 bits per heavy atom.